The average Bonchev–Trinajstić information content (AvgIpc) is 3.46. The maximum Gasteiger partial charge on any atom is 0.306 e. The summed E-state index contributed by atoms with van der Waals surface area (Å²) in [6.07, 6.45) is 90.4. The van der Waals surface area contributed by atoms with Crippen LogP contribution < -0.4 is 0 Å². The third-order valence-electron chi connectivity index (χ3n) is 15.1. The summed E-state index contributed by atoms with van der Waals surface area (Å²) >= 11 is 0. The number of carbonyl (C=O) groups excluding carboxylic acids is 3. The first-order chi connectivity index (χ1) is 39.5. The third kappa shape index (κ3) is 65.4. The highest BCUT2D eigenvalue weighted by atomic mass is 16.6. The summed E-state index contributed by atoms with van der Waals surface area (Å²) in [6, 6.07) is 0. The highest BCUT2D eigenvalue weighted by Crippen LogP contribution is 2.18. The Morgan fingerprint density at radius 2 is 0.500 bits per heavy atom. The molecule has 0 aromatic carbocycles. The summed E-state index contributed by atoms with van der Waals surface area (Å²) in [5.74, 6) is -0.940. The fourth-order valence-electron chi connectivity index (χ4n) is 9.98. The van der Waals surface area contributed by atoms with Crippen LogP contribution in [0, 0.1) is 0 Å². The van der Waals surface area contributed by atoms with Crippen molar-refractivity contribution < 1.29 is 28.6 Å². The van der Waals surface area contributed by atoms with Gasteiger partial charge in [-0.25, -0.2) is 0 Å². The maximum absolute atomic E-state index is 12.9. The molecule has 1 atom stereocenters. The van der Waals surface area contributed by atoms with Gasteiger partial charge < -0.3 is 14.2 Å². The van der Waals surface area contributed by atoms with Gasteiger partial charge in [0.15, 0.2) is 6.10 Å². The maximum atomic E-state index is 12.9. The molecule has 0 fully saturated rings. The second-order valence-electron chi connectivity index (χ2n) is 23.1. The summed E-state index contributed by atoms with van der Waals surface area (Å²) in [5.41, 5.74) is 0. The van der Waals surface area contributed by atoms with E-state index in [1.807, 2.05) is 0 Å². The van der Waals surface area contributed by atoms with Crippen LogP contribution in [0.25, 0.3) is 0 Å². The van der Waals surface area contributed by atoms with E-state index in [2.05, 4.69) is 106 Å². The predicted octanol–water partition coefficient (Wildman–Crippen LogP) is 23.8. The Bertz CT molecular complexity index is 1520. The minimum Gasteiger partial charge on any atom is -0.462 e. The molecule has 0 radical (unpaired) electrons. The molecule has 80 heavy (non-hydrogen) atoms. The molecule has 0 aliphatic rings. The van der Waals surface area contributed by atoms with E-state index in [4.69, 9.17) is 14.2 Å². The number of allylic oxidation sites excluding steroid dienone is 14. The van der Waals surface area contributed by atoms with E-state index in [0.29, 0.717) is 19.3 Å². The standard InChI is InChI=1S/C74H130O6/c1-4-7-10-13-16-19-22-25-28-31-33-35-36-37-39-40-43-46-49-52-55-58-61-64-67-73(76)79-70-71(69-78-72(75)66-63-60-57-54-51-48-45-42-30-27-24-21-18-15-12-9-6-3)80-74(77)68-65-62-59-56-53-50-47-44-41-38-34-32-29-26-23-20-17-14-11-8-5-2/h9,12,18,21,23,26-27,30,32,34,45,48,54,57,71H,4-8,10-11,13-17,19-20,22,24-25,28-29,31,33,35-44,46-47,49-53,55-56,58-70H2,1-3H3/b12-9-,21-18-,26-23-,30-27-,34-32-,48-45-,57-54-. The molecule has 0 aliphatic carbocycles. The molecule has 0 aromatic rings. The van der Waals surface area contributed by atoms with Crippen LogP contribution in [0.2, 0.25) is 0 Å². The van der Waals surface area contributed by atoms with Gasteiger partial charge in [-0.2, -0.15) is 0 Å². The number of ether oxygens (including phenoxy) is 3. The molecule has 1 unspecified atom stereocenters. The number of unbranched alkanes of at least 4 members (excludes halogenated alkanes) is 38. The van der Waals surface area contributed by atoms with Crippen molar-refractivity contribution in [1.82, 2.24) is 0 Å². The highest BCUT2D eigenvalue weighted by molar-refractivity contribution is 5.71. The number of hydrogen-bond donors (Lipinski definition) is 0. The van der Waals surface area contributed by atoms with Crippen LogP contribution in [0.15, 0.2) is 85.1 Å². The molecule has 0 saturated carbocycles. The van der Waals surface area contributed by atoms with Crippen LogP contribution in [-0.2, 0) is 28.6 Å². The topological polar surface area (TPSA) is 78.9 Å². The molecule has 0 aromatic heterocycles. The van der Waals surface area contributed by atoms with E-state index >= 15 is 0 Å². The number of carbonyl (C=O) groups is 3. The molecule has 0 heterocycles. The minimum absolute atomic E-state index is 0.0930. The zero-order chi connectivity index (χ0) is 57.8. The van der Waals surface area contributed by atoms with Crippen molar-refractivity contribution >= 4 is 17.9 Å². The van der Waals surface area contributed by atoms with E-state index in [1.54, 1.807) is 0 Å². The van der Waals surface area contributed by atoms with Crippen molar-refractivity contribution in [2.24, 2.45) is 0 Å². The lowest BCUT2D eigenvalue weighted by Crippen LogP contribution is -2.30. The van der Waals surface area contributed by atoms with Crippen molar-refractivity contribution in [3.8, 4) is 0 Å². The van der Waals surface area contributed by atoms with E-state index < -0.39 is 6.10 Å². The summed E-state index contributed by atoms with van der Waals surface area (Å²) < 4.78 is 16.9. The Balaban J connectivity index is 4.38. The van der Waals surface area contributed by atoms with Gasteiger partial charge in [-0.3, -0.25) is 14.4 Å². The lowest BCUT2D eigenvalue weighted by atomic mass is 10.0. The summed E-state index contributed by atoms with van der Waals surface area (Å²) in [5, 5.41) is 0. The Hall–Kier alpha value is -3.41. The second-order valence-corrected chi connectivity index (χ2v) is 23.1. The molecule has 0 saturated heterocycles. The van der Waals surface area contributed by atoms with Crippen molar-refractivity contribution in [2.45, 2.75) is 354 Å². The Morgan fingerprint density at radius 3 is 0.812 bits per heavy atom. The molecule has 0 bridgehead atoms. The fraction of sp³-hybridized carbons (Fsp3) is 0.770. The number of hydrogen-bond acceptors (Lipinski definition) is 6. The molecule has 0 amide bonds. The number of esters is 3. The van der Waals surface area contributed by atoms with Gasteiger partial charge in [0.1, 0.15) is 13.2 Å². The van der Waals surface area contributed by atoms with E-state index in [0.717, 1.165) is 83.5 Å². The first-order valence-electron chi connectivity index (χ1n) is 34.6. The smallest absolute Gasteiger partial charge is 0.306 e. The normalized spacial score (nSPS) is 12.6. The van der Waals surface area contributed by atoms with Crippen LogP contribution in [0.5, 0.6) is 0 Å². The first-order valence-corrected chi connectivity index (χ1v) is 34.6. The molecule has 0 spiro atoms. The van der Waals surface area contributed by atoms with E-state index in [9.17, 15) is 14.4 Å². The Kier molecular flexibility index (Phi) is 65.2. The van der Waals surface area contributed by atoms with Crippen LogP contribution in [-0.4, -0.2) is 37.2 Å². The second kappa shape index (κ2) is 68.1. The molecular formula is C74H130O6. The molecule has 0 rings (SSSR count). The third-order valence-corrected chi connectivity index (χ3v) is 15.1. The predicted molar refractivity (Wildman–Crippen MR) is 348 cm³/mol. The van der Waals surface area contributed by atoms with Crippen LogP contribution in [0.4, 0.5) is 0 Å². The monoisotopic (exact) mass is 1110 g/mol. The van der Waals surface area contributed by atoms with Crippen molar-refractivity contribution in [3.05, 3.63) is 85.1 Å². The lowest BCUT2D eigenvalue weighted by Gasteiger charge is -2.18. The SMILES string of the molecule is CC/C=C\C/C=C\C/C=C\C/C=C\C/C=C\CCCC(=O)OCC(COC(=O)CCCCCCCCCCCCCCCCCCCCCCCCCC)OC(=O)CCCCCCCCCCC/C=C\C/C=C\CCCCCCC. The zero-order valence-corrected chi connectivity index (χ0v) is 53.1. The zero-order valence-electron chi connectivity index (χ0n) is 53.1. The van der Waals surface area contributed by atoms with Crippen molar-refractivity contribution in [2.75, 3.05) is 13.2 Å². The Morgan fingerprint density at radius 1 is 0.263 bits per heavy atom. The first kappa shape index (κ1) is 76.6. The molecule has 462 valence electrons. The van der Waals surface area contributed by atoms with Crippen molar-refractivity contribution in [3.63, 3.8) is 0 Å². The van der Waals surface area contributed by atoms with Gasteiger partial charge in [-0.15, -0.1) is 0 Å². The number of rotatable bonds is 63. The van der Waals surface area contributed by atoms with Crippen LogP contribution >= 0.6 is 0 Å². The lowest BCUT2D eigenvalue weighted by molar-refractivity contribution is -0.167. The van der Waals surface area contributed by atoms with Crippen LogP contribution in [0.3, 0.4) is 0 Å². The van der Waals surface area contributed by atoms with Gasteiger partial charge in [0.25, 0.3) is 0 Å². The fourth-order valence-corrected chi connectivity index (χ4v) is 9.98. The van der Waals surface area contributed by atoms with Gasteiger partial charge in [0.2, 0.25) is 0 Å². The van der Waals surface area contributed by atoms with Crippen LogP contribution in [0.1, 0.15) is 348 Å². The molecular weight excluding hydrogens is 985 g/mol. The van der Waals surface area contributed by atoms with Crippen molar-refractivity contribution in [1.29, 1.82) is 0 Å². The van der Waals surface area contributed by atoms with Gasteiger partial charge >= 0.3 is 17.9 Å². The van der Waals surface area contributed by atoms with Gasteiger partial charge in [-0.05, 0) is 89.9 Å². The Labute approximate surface area is 496 Å². The average molecular weight is 1120 g/mol. The molecule has 0 N–H and O–H groups in total. The minimum atomic E-state index is -0.803. The molecule has 6 heteroatoms. The largest absolute Gasteiger partial charge is 0.462 e. The summed E-state index contributed by atoms with van der Waals surface area (Å²) in [4.78, 5) is 38.4. The van der Waals surface area contributed by atoms with Gasteiger partial charge in [0, 0.05) is 19.3 Å². The summed E-state index contributed by atoms with van der Waals surface area (Å²) in [7, 11) is 0. The van der Waals surface area contributed by atoms with Gasteiger partial charge in [-0.1, -0.05) is 324 Å². The van der Waals surface area contributed by atoms with Gasteiger partial charge in [0.05, 0.1) is 0 Å². The quantitative estimate of drug-likeness (QED) is 0.0261. The van der Waals surface area contributed by atoms with E-state index in [-0.39, 0.29) is 37.5 Å². The highest BCUT2D eigenvalue weighted by Gasteiger charge is 2.19. The van der Waals surface area contributed by atoms with E-state index in [1.165, 1.54) is 218 Å². The molecule has 6 nitrogen and oxygen atoms in total. The molecule has 0 aliphatic heterocycles. The summed E-state index contributed by atoms with van der Waals surface area (Å²) in [6.45, 7) is 6.52.